The second-order valence-corrected chi connectivity index (χ2v) is 7.95. The fourth-order valence-corrected chi connectivity index (χ4v) is 3.32. The number of likely N-dealkylation sites (tertiary alicyclic amines) is 1. The van der Waals surface area contributed by atoms with Gasteiger partial charge in [0.05, 0.1) is 11.4 Å². The van der Waals surface area contributed by atoms with E-state index in [1.165, 1.54) is 11.3 Å². The first-order valence-corrected chi connectivity index (χ1v) is 8.89. The van der Waals surface area contributed by atoms with Crippen molar-refractivity contribution in [1.82, 2.24) is 9.80 Å². The lowest BCUT2D eigenvalue weighted by Gasteiger charge is -2.36. The van der Waals surface area contributed by atoms with E-state index in [0.29, 0.717) is 6.54 Å². The lowest BCUT2D eigenvalue weighted by atomic mass is 10.0. The van der Waals surface area contributed by atoms with Crippen molar-refractivity contribution >= 4 is 23.2 Å². The molecule has 6 heteroatoms. The molecule has 1 amide bonds. The van der Waals surface area contributed by atoms with Gasteiger partial charge in [0, 0.05) is 26.2 Å². The SMILES string of the molecule is CN(C(=O)OC(C)(C)C)C1CCN(CC(=O)c2cccs2)CC1. The van der Waals surface area contributed by atoms with Gasteiger partial charge < -0.3 is 9.64 Å². The molecule has 1 aliphatic rings. The fraction of sp³-hybridized carbons (Fsp3) is 0.647. The monoisotopic (exact) mass is 338 g/mol. The van der Waals surface area contributed by atoms with Crippen molar-refractivity contribution in [1.29, 1.82) is 0 Å². The highest BCUT2D eigenvalue weighted by Gasteiger charge is 2.29. The second-order valence-electron chi connectivity index (χ2n) is 7.00. The fourth-order valence-electron chi connectivity index (χ4n) is 2.67. The molecule has 1 aliphatic heterocycles. The summed E-state index contributed by atoms with van der Waals surface area (Å²) in [7, 11) is 1.80. The molecule has 1 aromatic rings. The molecular formula is C17H26N2O3S. The van der Waals surface area contributed by atoms with Crippen LogP contribution in [0.3, 0.4) is 0 Å². The van der Waals surface area contributed by atoms with E-state index in [1.54, 1.807) is 11.9 Å². The Hall–Kier alpha value is -1.40. The summed E-state index contributed by atoms with van der Waals surface area (Å²) in [6.07, 6.45) is 1.46. The van der Waals surface area contributed by atoms with Crippen LogP contribution in [-0.2, 0) is 4.74 Å². The molecule has 1 aromatic heterocycles. The van der Waals surface area contributed by atoms with Crippen LogP contribution in [0.2, 0.25) is 0 Å². The van der Waals surface area contributed by atoms with Crippen LogP contribution >= 0.6 is 11.3 Å². The highest BCUT2D eigenvalue weighted by molar-refractivity contribution is 7.12. The summed E-state index contributed by atoms with van der Waals surface area (Å²) in [5.41, 5.74) is -0.473. The van der Waals surface area contributed by atoms with Crippen molar-refractivity contribution in [2.45, 2.75) is 45.3 Å². The van der Waals surface area contributed by atoms with Crippen molar-refractivity contribution in [3.05, 3.63) is 22.4 Å². The number of nitrogens with zero attached hydrogens (tertiary/aromatic N) is 2. The maximum Gasteiger partial charge on any atom is 0.410 e. The standard InChI is InChI=1S/C17H26N2O3S/c1-17(2,3)22-16(21)18(4)13-7-9-19(10-8-13)12-14(20)15-6-5-11-23-15/h5-6,11,13H,7-10,12H2,1-4H3. The van der Waals surface area contributed by atoms with E-state index in [4.69, 9.17) is 4.74 Å². The molecule has 5 nitrogen and oxygen atoms in total. The van der Waals surface area contributed by atoms with Gasteiger partial charge in [-0.15, -0.1) is 11.3 Å². The number of thiophene rings is 1. The van der Waals surface area contributed by atoms with Gasteiger partial charge in [-0.2, -0.15) is 0 Å². The summed E-state index contributed by atoms with van der Waals surface area (Å²) >= 11 is 1.49. The van der Waals surface area contributed by atoms with E-state index in [0.717, 1.165) is 30.8 Å². The highest BCUT2D eigenvalue weighted by atomic mass is 32.1. The number of ether oxygens (including phenoxy) is 1. The van der Waals surface area contributed by atoms with Crippen molar-refractivity contribution in [3.63, 3.8) is 0 Å². The molecule has 0 unspecified atom stereocenters. The quantitative estimate of drug-likeness (QED) is 0.791. The van der Waals surface area contributed by atoms with Crippen LogP contribution in [0.4, 0.5) is 4.79 Å². The van der Waals surface area contributed by atoms with Gasteiger partial charge in [0.1, 0.15) is 5.60 Å². The van der Waals surface area contributed by atoms with Gasteiger partial charge in [0.25, 0.3) is 0 Å². The highest BCUT2D eigenvalue weighted by Crippen LogP contribution is 2.19. The Morgan fingerprint density at radius 3 is 2.52 bits per heavy atom. The molecule has 2 heterocycles. The van der Waals surface area contributed by atoms with Crippen molar-refractivity contribution in [3.8, 4) is 0 Å². The zero-order valence-electron chi connectivity index (χ0n) is 14.4. The Morgan fingerprint density at radius 1 is 1.35 bits per heavy atom. The van der Waals surface area contributed by atoms with Gasteiger partial charge in [-0.05, 0) is 45.1 Å². The van der Waals surface area contributed by atoms with Crippen molar-refractivity contribution in [2.24, 2.45) is 0 Å². The first-order chi connectivity index (χ1) is 10.8. The number of carbonyl (C=O) groups excluding carboxylic acids is 2. The van der Waals surface area contributed by atoms with Crippen LogP contribution in [0.5, 0.6) is 0 Å². The zero-order valence-corrected chi connectivity index (χ0v) is 15.2. The molecule has 0 radical (unpaired) electrons. The van der Waals surface area contributed by atoms with Crippen LogP contribution in [0.25, 0.3) is 0 Å². The molecule has 1 fully saturated rings. The summed E-state index contributed by atoms with van der Waals surface area (Å²) < 4.78 is 5.41. The third kappa shape index (κ3) is 5.32. The number of rotatable bonds is 4. The average molecular weight is 338 g/mol. The smallest absolute Gasteiger partial charge is 0.410 e. The maximum atomic E-state index is 12.1. The van der Waals surface area contributed by atoms with E-state index in [2.05, 4.69) is 4.90 Å². The largest absolute Gasteiger partial charge is 0.444 e. The minimum absolute atomic E-state index is 0.179. The van der Waals surface area contributed by atoms with Crippen LogP contribution in [0, 0.1) is 0 Å². The third-order valence-electron chi connectivity index (χ3n) is 3.95. The van der Waals surface area contributed by atoms with Gasteiger partial charge in [0.2, 0.25) is 0 Å². The molecule has 0 saturated carbocycles. The normalized spacial score (nSPS) is 17.0. The summed E-state index contributed by atoms with van der Waals surface area (Å²) in [5, 5.41) is 1.93. The minimum Gasteiger partial charge on any atom is -0.444 e. The van der Waals surface area contributed by atoms with Gasteiger partial charge in [-0.3, -0.25) is 9.69 Å². The number of Topliss-reactive ketones (excluding diaryl/α,β-unsaturated/α-hetero) is 1. The third-order valence-corrected chi connectivity index (χ3v) is 4.86. The van der Waals surface area contributed by atoms with Crippen molar-refractivity contribution in [2.75, 3.05) is 26.7 Å². The van der Waals surface area contributed by atoms with E-state index >= 15 is 0 Å². The first kappa shape index (κ1) is 17.9. The molecule has 0 aliphatic carbocycles. The molecule has 2 rings (SSSR count). The van der Waals surface area contributed by atoms with E-state index < -0.39 is 5.60 Å². The topological polar surface area (TPSA) is 49.9 Å². The van der Waals surface area contributed by atoms with Crippen LogP contribution in [-0.4, -0.2) is 60.0 Å². The van der Waals surface area contributed by atoms with Crippen molar-refractivity contribution < 1.29 is 14.3 Å². The lowest BCUT2D eigenvalue weighted by Crippen LogP contribution is -2.47. The Balaban J connectivity index is 1.79. The number of carbonyl (C=O) groups is 2. The van der Waals surface area contributed by atoms with Gasteiger partial charge in [-0.25, -0.2) is 4.79 Å². The van der Waals surface area contributed by atoms with E-state index in [-0.39, 0.29) is 17.9 Å². The average Bonchev–Trinajstić information content (AvgIpc) is 3.00. The number of hydrogen-bond acceptors (Lipinski definition) is 5. The summed E-state index contributed by atoms with van der Waals surface area (Å²) in [4.78, 5) is 28.9. The summed E-state index contributed by atoms with van der Waals surface area (Å²) in [5.74, 6) is 0.180. The maximum absolute atomic E-state index is 12.1. The molecule has 0 atom stereocenters. The number of amides is 1. The Morgan fingerprint density at radius 2 is 2.00 bits per heavy atom. The molecule has 0 spiro atoms. The first-order valence-electron chi connectivity index (χ1n) is 8.01. The second kappa shape index (κ2) is 7.45. The van der Waals surface area contributed by atoms with Crippen LogP contribution < -0.4 is 0 Å². The Kier molecular flexibility index (Phi) is 5.81. The van der Waals surface area contributed by atoms with Gasteiger partial charge >= 0.3 is 6.09 Å². The molecule has 0 aromatic carbocycles. The Bertz CT molecular complexity index is 529. The van der Waals surface area contributed by atoms with E-state index in [9.17, 15) is 9.59 Å². The van der Waals surface area contributed by atoms with Crippen LogP contribution in [0.15, 0.2) is 17.5 Å². The molecule has 0 bridgehead atoms. The van der Waals surface area contributed by atoms with Gasteiger partial charge in [-0.1, -0.05) is 6.07 Å². The number of piperidine rings is 1. The zero-order chi connectivity index (χ0) is 17.0. The number of hydrogen-bond donors (Lipinski definition) is 0. The number of ketones is 1. The predicted molar refractivity (Wildman–Crippen MR) is 92.1 cm³/mol. The van der Waals surface area contributed by atoms with Crippen LogP contribution in [0.1, 0.15) is 43.3 Å². The minimum atomic E-state index is -0.473. The molecule has 23 heavy (non-hydrogen) atoms. The summed E-state index contributed by atoms with van der Waals surface area (Å²) in [6, 6.07) is 3.95. The predicted octanol–water partition coefficient (Wildman–Crippen LogP) is 3.26. The summed E-state index contributed by atoms with van der Waals surface area (Å²) in [6.45, 7) is 7.74. The molecular weight excluding hydrogens is 312 g/mol. The molecule has 1 saturated heterocycles. The van der Waals surface area contributed by atoms with Gasteiger partial charge in [0.15, 0.2) is 5.78 Å². The van der Waals surface area contributed by atoms with E-state index in [1.807, 2.05) is 38.3 Å². The molecule has 128 valence electrons. The molecule has 0 N–H and O–H groups in total. The lowest BCUT2D eigenvalue weighted by molar-refractivity contribution is 0.0152. The Labute approximate surface area is 142 Å².